The van der Waals surface area contributed by atoms with Crippen LogP contribution in [0.4, 0.5) is 4.79 Å². The molecule has 0 spiro atoms. The smallest absolute Gasteiger partial charge is 0.407 e. The molecule has 0 aromatic heterocycles. The molecule has 0 fully saturated rings. The predicted molar refractivity (Wildman–Crippen MR) is 44.2 cm³/mol. The van der Waals surface area contributed by atoms with Crippen molar-refractivity contribution in [1.82, 2.24) is 5.32 Å². The molecule has 2 N–H and O–H groups in total. The number of carbonyl (C=O) groups excluding carboxylic acids is 1. The highest BCUT2D eigenvalue weighted by atomic mass is 16.5. The average Bonchev–Trinajstić information content (AvgIpc) is 2.52. The van der Waals surface area contributed by atoms with Gasteiger partial charge in [-0.15, -0.1) is 0 Å². The SMILES string of the molecule is COC(=O)NC1C=CC(C(=O)O)C1. The zero-order chi connectivity index (χ0) is 9.84. The molecule has 0 aromatic carbocycles. The van der Waals surface area contributed by atoms with Crippen molar-refractivity contribution in [3.8, 4) is 0 Å². The Morgan fingerprint density at radius 1 is 1.54 bits per heavy atom. The minimum absolute atomic E-state index is 0.228. The number of carboxylic acid groups (broad SMARTS) is 1. The molecule has 2 atom stereocenters. The third kappa shape index (κ3) is 2.47. The summed E-state index contributed by atoms with van der Waals surface area (Å²) < 4.78 is 4.38. The van der Waals surface area contributed by atoms with Crippen LogP contribution in [-0.2, 0) is 9.53 Å². The van der Waals surface area contributed by atoms with Crippen LogP contribution in [0.15, 0.2) is 12.2 Å². The lowest BCUT2D eigenvalue weighted by molar-refractivity contribution is -0.140. The summed E-state index contributed by atoms with van der Waals surface area (Å²) in [5, 5.41) is 11.1. The molecule has 0 aromatic rings. The zero-order valence-electron chi connectivity index (χ0n) is 7.19. The number of carboxylic acids is 1. The van der Waals surface area contributed by atoms with Gasteiger partial charge in [-0.1, -0.05) is 12.2 Å². The Labute approximate surface area is 75.4 Å². The molecule has 1 aliphatic rings. The second-order valence-electron chi connectivity index (χ2n) is 2.81. The molecule has 2 unspecified atom stereocenters. The monoisotopic (exact) mass is 185 g/mol. The van der Waals surface area contributed by atoms with Crippen LogP contribution in [0.2, 0.25) is 0 Å². The molecule has 1 amide bonds. The van der Waals surface area contributed by atoms with Crippen LogP contribution in [0.1, 0.15) is 6.42 Å². The Kier molecular flexibility index (Phi) is 2.89. The van der Waals surface area contributed by atoms with E-state index in [-0.39, 0.29) is 6.04 Å². The van der Waals surface area contributed by atoms with Gasteiger partial charge in [-0.25, -0.2) is 4.79 Å². The lowest BCUT2D eigenvalue weighted by Crippen LogP contribution is -2.33. The zero-order valence-corrected chi connectivity index (χ0v) is 7.19. The number of amides is 1. The van der Waals surface area contributed by atoms with E-state index in [4.69, 9.17) is 5.11 Å². The van der Waals surface area contributed by atoms with Gasteiger partial charge in [0, 0.05) is 0 Å². The van der Waals surface area contributed by atoms with Crippen LogP contribution < -0.4 is 5.32 Å². The lowest BCUT2D eigenvalue weighted by Gasteiger charge is -2.10. The molecule has 0 heterocycles. The number of aliphatic carboxylic acids is 1. The molecule has 5 heteroatoms. The van der Waals surface area contributed by atoms with Crippen molar-refractivity contribution < 1.29 is 19.4 Å². The number of rotatable bonds is 2. The first-order chi connectivity index (χ1) is 6.13. The molecule has 5 nitrogen and oxygen atoms in total. The fourth-order valence-electron chi connectivity index (χ4n) is 1.20. The average molecular weight is 185 g/mol. The summed E-state index contributed by atoms with van der Waals surface area (Å²) in [4.78, 5) is 21.2. The van der Waals surface area contributed by atoms with Crippen molar-refractivity contribution in [2.75, 3.05) is 7.11 Å². The van der Waals surface area contributed by atoms with E-state index in [1.165, 1.54) is 7.11 Å². The maximum Gasteiger partial charge on any atom is 0.407 e. The van der Waals surface area contributed by atoms with Crippen molar-refractivity contribution in [3.05, 3.63) is 12.2 Å². The van der Waals surface area contributed by atoms with E-state index in [0.29, 0.717) is 6.42 Å². The summed E-state index contributed by atoms with van der Waals surface area (Å²) in [7, 11) is 1.27. The van der Waals surface area contributed by atoms with E-state index >= 15 is 0 Å². The maximum absolute atomic E-state index is 10.7. The first-order valence-corrected chi connectivity index (χ1v) is 3.89. The molecule has 13 heavy (non-hydrogen) atoms. The number of hydrogen-bond acceptors (Lipinski definition) is 3. The Hall–Kier alpha value is -1.52. The molecule has 0 saturated heterocycles. The molecular weight excluding hydrogens is 174 g/mol. The minimum Gasteiger partial charge on any atom is -0.481 e. The van der Waals surface area contributed by atoms with Crippen molar-refractivity contribution >= 4 is 12.1 Å². The second-order valence-corrected chi connectivity index (χ2v) is 2.81. The maximum atomic E-state index is 10.7. The highest BCUT2D eigenvalue weighted by molar-refractivity contribution is 5.74. The van der Waals surface area contributed by atoms with E-state index in [1.54, 1.807) is 12.2 Å². The van der Waals surface area contributed by atoms with Crippen molar-refractivity contribution in [2.45, 2.75) is 12.5 Å². The van der Waals surface area contributed by atoms with E-state index in [9.17, 15) is 9.59 Å². The summed E-state index contributed by atoms with van der Waals surface area (Å²) in [6.07, 6.45) is 3.09. The van der Waals surface area contributed by atoms with Gasteiger partial charge in [-0.3, -0.25) is 4.79 Å². The summed E-state index contributed by atoms with van der Waals surface area (Å²) >= 11 is 0. The Morgan fingerprint density at radius 3 is 2.69 bits per heavy atom. The summed E-state index contributed by atoms with van der Waals surface area (Å²) in [6, 6.07) is -0.228. The Morgan fingerprint density at radius 2 is 2.23 bits per heavy atom. The second kappa shape index (κ2) is 3.93. The standard InChI is InChI=1S/C8H11NO4/c1-13-8(12)9-6-3-2-5(4-6)7(10)11/h2-3,5-6H,4H2,1H3,(H,9,12)(H,10,11). The molecule has 0 saturated carbocycles. The van der Waals surface area contributed by atoms with Crippen molar-refractivity contribution in [1.29, 1.82) is 0 Å². The molecule has 0 bridgehead atoms. The third-order valence-electron chi connectivity index (χ3n) is 1.89. The summed E-state index contributed by atoms with van der Waals surface area (Å²) in [6.45, 7) is 0. The van der Waals surface area contributed by atoms with E-state index in [0.717, 1.165) is 0 Å². The largest absolute Gasteiger partial charge is 0.481 e. The Bertz CT molecular complexity index is 249. The first-order valence-electron chi connectivity index (χ1n) is 3.89. The van der Waals surface area contributed by atoms with Crippen LogP contribution in [0, 0.1) is 5.92 Å². The predicted octanol–water partition coefficient (Wildman–Crippen LogP) is 0.372. The topological polar surface area (TPSA) is 75.6 Å². The first kappa shape index (κ1) is 9.57. The fourth-order valence-corrected chi connectivity index (χ4v) is 1.20. The molecule has 0 radical (unpaired) electrons. The number of alkyl carbamates (subject to hydrolysis) is 1. The Balaban J connectivity index is 2.39. The van der Waals surface area contributed by atoms with Gasteiger partial charge in [0.1, 0.15) is 0 Å². The summed E-state index contributed by atoms with van der Waals surface area (Å²) in [5.41, 5.74) is 0. The van der Waals surface area contributed by atoms with Gasteiger partial charge in [-0.05, 0) is 6.42 Å². The van der Waals surface area contributed by atoms with Gasteiger partial charge in [0.15, 0.2) is 0 Å². The van der Waals surface area contributed by atoms with Gasteiger partial charge in [-0.2, -0.15) is 0 Å². The fraction of sp³-hybridized carbons (Fsp3) is 0.500. The highest BCUT2D eigenvalue weighted by Gasteiger charge is 2.25. The van der Waals surface area contributed by atoms with Crippen molar-refractivity contribution in [2.24, 2.45) is 5.92 Å². The van der Waals surface area contributed by atoms with Crippen LogP contribution in [0.25, 0.3) is 0 Å². The van der Waals surface area contributed by atoms with Crippen LogP contribution in [-0.4, -0.2) is 30.3 Å². The molecular formula is C8H11NO4. The normalized spacial score (nSPS) is 25.6. The van der Waals surface area contributed by atoms with Gasteiger partial charge in [0.2, 0.25) is 0 Å². The quantitative estimate of drug-likeness (QED) is 0.609. The number of methoxy groups -OCH3 is 1. The number of hydrogen-bond donors (Lipinski definition) is 2. The van der Waals surface area contributed by atoms with Crippen LogP contribution in [0.3, 0.4) is 0 Å². The number of carbonyl (C=O) groups is 2. The van der Waals surface area contributed by atoms with Gasteiger partial charge < -0.3 is 15.2 Å². The minimum atomic E-state index is -0.870. The van der Waals surface area contributed by atoms with E-state index < -0.39 is 18.0 Å². The van der Waals surface area contributed by atoms with Gasteiger partial charge in [0.05, 0.1) is 19.1 Å². The molecule has 1 rings (SSSR count). The third-order valence-corrected chi connectivity index (χ3v) is 1.89. The summed E-state index contributed by atoms with van der Waals surface area (Å²) in [5.74, 6) is -1.37. The molecule has 72 valence electrons. The van der Waals surface area contributed by atoms with Gasteiger partial charge >= 0.3 is 12.1 Å². The van der Waals surface area contributed by atoms with Gasteiger partial charge in [0.25, 0.3) is 0 Å². The van der Waals surface area contributed by atoms with E-state index in [1.807, 2.05) is 0 Å². The molecule has 1 aliphatic carbocycles. The molecule has 0 aliphatic heterocycles. The number of ether oxygens (including phenoxy) is 1. The van der Waals surface area contributed by atoms with Crippen molar-refractivity contribution in [3.63, 3.8) is 0 Å². The number of nitrogens with one attached hydrogen (secondary N) is 1. The highest BCUT2D eigenvalue weighted by Crippen LogP contribution is 2.17. The van der Waals surface area contributed by atoms with Crippen LogP contribution in [0.5, 0.6) is 0 Å². The van der Waals surface area contributed by atoms with Crippen LogP contribution >= 0.6 is 0 Å². The lowest BCUT2D eigenvalue weighted by atomic mass is 10.1. The van der Waals surface area contributed by atoms with E-state index in [2.05, 4.69) is 10.1 Å².